The highest BCUT2D eigenvalue weighted by atomic mass is 79.9. The Labute approximate surface area is 136 Å². The molecule has 0 saturated heterocycles. The van der Waals surface area contributed by atoms with Gasteiger partial charge in [-0.1, -0.05) is 21.0 Å². The average molecular weight is 362 g/mol. The molecule has 0 fully saturated rings. The lowest BCUT2D eigenvalue weighted by molar-refractivity contribution is 0.529. The van der Waals surface area contributed by atoms with Gasteiger partial charge in [0.15, 0.2) is 0 Å². The monoisotopic (exact) mass is 361 g/mol. The minimum absolute atomic E-state index is 0.538. The Morgan fingerprint density at radius 3 is 2.91 bits per heavy atom. The highest BCUT2D eigenvalue weighted by Crippen LogP contribution is 2.28. The van der Waals surface area contributed by atoms with Gasteiger partial charge < -0.3 is 9.73 Å². The molecule has 0 unspecified atom stereocenters. The largest absolute Gasteiger partial charge is 0.459 e. The molecule has 7 heteroatoms. The van der Waals surface area contributed by atoms with Gasteiger partial charge in [0.05, 0.1) is 6.54 Å². The minimum Gasteiger partial charge on any atom is -0.459 e. The second kappa shape index (κ2) is 6.31. The summed E-state index contributed by atoms with van der Waals surface area (Å²) in [6.45, 7) is 5.31. The van der Waals surface area contributed by atoms with E-state index in [1.54, 1.807) is 4.68 Å². The standard InChI is InChI=1S/C15H16BrN5O/c1-3-21-15(18-19-20-21)17-9-12-5-7-14(22-12)13-6-4-11(16)8-10(13)2/h4-8H,3,9H2,1-2H3,(H,17,18,20). The summed E-state index contributed by atoms with van der Waals surface area (Å²) in [6, 6.07) is 10.1. The third-order valence-electron chi connectivity index (χ3n) is 3.37. The zero-order valence-electron chi connectivity index (χ0n) is 12.4. The second-order valence-corrected chi connectivity index (χ2v) is 5.81. The highest BCUT2D eigenvalue weighted by molar-refractivity contribution is 9.10. The zero-order valence-corrected chi connectivity index (χ0v) is 14.0. The predicted molar refractivity (Wildman–Crippen MR) is 87.4 cm³/mol. The van der Waals surface area contributed by atoms with Crippen LogP contribution in [0.2, 0.25) is 0 Å². The maximum absolute atomic E-state index is 5.91. The molecule has 114 valence electrons. The number of halogens is 1. The maximum atomic E-state index is 5.91. The van der Waals surface area contributed by atoms with E-state index in [0.29, 0.717) is 12.5 Å². The topological polar surface area (TPSA) is 68.8 Å². The Hall–Kier alpha value is -2.15. The van der Waals surface area contributed by atoms with Gasteiger partial charge in [0, 0.05) is 16.6 Å². The van der Waals surface area contributed by atoms with Crippen LogP contribution in [-0.4, -0.2) is 20.2 Å². The molecule has 3 rings (SSSR count). The molecule has 0 radical (unpaired) electrons. The fourth-order valence-electron chi connectivity index (χ4n) is 2.23. The number of nitrogens with one attached hydrogen (secondary N) is 1. The molecule has 0 atom stereocenters. The molecule has 3 aromatic rings. The van der Waals surface area contributed by atoms with Crippen LogP contribution < -0.4 is 5.32 Å². The number of hydrogen-bond donors (Lipinski definition) is 1. The van der Waals surface area contributed by atoms with Gasteiger partial charge in [-0.25, -0.2) is 4.68 Å². The van der Waals surface area contributed by atoms with Crippen molar-refractivity contribution in [1.29, 1.82) is 0 Å². The van der Waals surface area contributed by atoms with Crippen molar-refractivity contribution in [2.45, 2.75) is 26.9 Å². The normalized spacial score (nSPS) is 10.9. The van der Waals surface area contributed by atoms with Crippen LogP contribution in [-0.2, 0) is 13.1 Å². The molecular formula is C15H16BrN5O. The molecule has 0 aliphatic carbocycles. The molecule has 1 N–H and O–H groups in total. The Morgan fingerprint density at radius 1 is 1.27 bits per heavy atom. The lowest BCUT2D eigenvalue weighted by Gasteiger charge is -2.04. The molecule has 6 nitrogen and oxygen atoms in total. The first kappa shape index (κ1) is 14.8. The van der Waals surface area contributed by atoms with Gasteiger partial charge in [0.2, 0.25) is 5.95 Å². The second-order valence-electron chi connectivity index (χ2n) is 4.90. The summed E-state index contributed by atoms with van der Waals surface area (Å²) in [4.78, 5) is 0. The number of anilines is 1. The molecule has 0 aliphatic rings. The Kier molecular flexibility index (Phi) is 4.24. The molecule has 2 aromatic heterocycles. The van der Waals surface area contributed by atoms with E-state index in [1.165, 1.54) is 0 Å². The van der Waals surface area contributed by atoms with Gasteiger partial charge in [0.1, 0.15) is 11.5 Å². The van der Waals surface area contributed by atoms with Gasteiger partial charge >= 0.3 is 0 Å². The first-order valence-electron chi connectivity index (χ1n) is 7.02. The van der Waals surface area contributed by atoms with Crippen LogP contribution in [0.25, 0.3) is 11.3 Å². The average Bonchev–Trinajstić information content (AvgIpc) is 3.13. The number of rotatable bonds is 5. The van der Waals surface area contributed by atoms with Crippen LogP contribution in [0.4, 0.5) is 5.95 Å². The first-order chi connectivity index (χ1) is 10.7. The predicted octanol–water partition coefficient (Wildman–Crippen LogP) is 3.64. The van der Waals surface area contributed by atoms with Crippen molar-refractivity contribution in [2.24, 2.45) is 0 Å². The minimum atomic E-state index is 0.538. The van der Waals surface area contributed by atoms with E-state index in [2.05, 4.69) is 49.8 Å². The smallest absolute Gasteiger partial charge is 0.243 e. The van der Waals surface area contributed by atoms with Crippen molar-refractivity contribution in [2.75, 3.05) is 5.32 Å². The fraction of sp³-hybridized carbons (Fsp3) is 0.267. The molecule has 0 aliphatic heterocycles. The van der Waals surface area contributed by atoms with Crippen LogP contribution in [0.3, 0.4) is 0 Å². The van der Waals surface area contributed by atoms with Gasteiger partial charge in [-0.2, -0.15) is 0 Å². The molecule has 1 aromatic carbocycles. The van der Waals surface area contributed by atoms with Gasteiger partial charge in [-0.05, 0) is 60.2 Å². The van der Waals surface area contributed by atoms with E-state index in [1.807, 2.05) is 31.2 Å². The Balaban J connectivity index is 1.74. The van der Waals surface area contributed by atoms with E-state index < -0.39 is 0 Å². The van der Waals surface area contributed by atoms with E-state index in [4.69, 9.17) is 4.42 Å². The summed E-state index contributed by atoms with van der Waals surface area (Å²) in [7, 11) is 0. The quantitative estimate of drug-likeness (QED) is 0.751. The Bertz CT molecular complexity index is 780. The van der Waals surface area contributed by atoms with Crippen LogP contribution in [0.1, 0.15) is 18.2 Å². The number of tetrazole rings is 1. The number of nitrogens with zero attached hydrogens (tertiary/aromatic N) is 4. The summed E-state index contributed by atoms with van der Waals surface area (Å²) in [5, 5.41) is 14.6. The number of benzene rings is 1. The fourth-order valence-corrected chi connectivity index (χ4v) is 2.71. The van der Waals surface area contributed by atoms with E-state index in [9.17, 15) is 0 Å². The van der Waals surface area contributed by atoms with Gasteiger partial charge in [-0.15, -0.1) is 0 Å². The van der Waals surface area contributed by atoms with Crippen molar-refractivity contribution in [3.8, 4) is 11.3 Å². The number of furan rings is 1. The van der Waals surface area contributed by atoms with E-state index in [0.717, 1.165) is 33.7 Å². The summed E-state index contributed by atoms with van der Waals surface area (Å²) in [5.74, 6) is 2.33. The number of hydrogen-bond acceptors (Lipinski definition) is 5. The van der Waals surface area contributed by atoms with Crippen molar-refractivity contribution in [3.63, 3.8) is 0 Å². The molecule has 22 heavy (non-hydrogen) atoms. The van der Waals surface area contributed by atoms with Gasteiger partial charge in [0.25, 0.3) is 0 Å². The van der Waals surface area contributed by atoms with Crippen LogP contribution in [0, 0.1) is 6.92 Å². The highest BCUT2D eigenvalue weighted by Gasteiger charge is 2.09. The van der Waals surface area contributed by atoms with Crippen LogP contribution in [0.15, 0.2) is 39.2 Å². The van der Waals surface area contributed by atoms with E-state index in [-0.39, 0.29) is 0 Å². The summed E-state index contributed by atoms with van der Waals surface area (Å²) in [6.07, 6.45) is 0. The summed E-state index contributed by atoms with van der Waals surface area (Å²) >= 11 is 3.47. The Morgan fingerprint density at radius 2 is 2.14 bits per heavy atom. The lowest BCUT2D eigenvalue weighted by atomic mass is 10.1. The summed E-state index contributed by atoms with van der Waals surface area (Å²) in [5.41, 5.74) is 2.26. The first-order valence-corrected chi connectivity index (χ1v) is 7.82. The van der Waals surface area contributed by atoms with Gasteiger partial charge in [-0.3, -0.25) is 0 Å². The third kappa shape index (κ3) is 3.04. The third-order valence-corrected chi connectivity index (χ3v) is 3.86. The summed E-state index contributed by atoms with van der Waals surface area (Å²) < 4.78 is 8.67. The maximum Gasteiger partial charge on any atom is 0.243 e. The van der Waals surface area contributed by atoms with Crippen molar-refractivity contribution in [3.05, 3.63) is 46.1 Å². The zero-order chi connectivity index (χ0) is 15.5. The van der Waals surface area contributed by atoms with Crippen molar-refractivity contribution >= 4 is 21.9 Å². The van der Waals surface area contributed by atoms with Crippen LogP contribution in [0.5, 0.6) is 0 Å². The van der Waals surface area contributed by atoms with Crippen LogP contribution >= 0.6 is 15.9 Å². The molecule has 0 saturated carbocycles. The van der Waals surface area contributed by atoms with E-state index >= 15 is 0 Å². The van der Waals surface area contributed by atoms with Crippen molar-refractivity contribution in [1.82, 2.24) is 20.2 Å². The molecular weight excluding hydrogens is 346 g/mol. The molecule has 2 heterocycles. The number of aromatic nitrogens is 4. The molecule has 0 amide bonds. The lowest BCUT2D eigenvalue weighted by Crippen LogP contribution is -2.07. The molecule has 0 spiro atoms. The SMILES string of the molecule is CCn1nnnc1NCc1ccc(-c2ccc(Br)cc2C)o1. The number of aryl methyl sites for hydroxylation is 2. The molecule has 0 bridgehead atoms. The van der Waals surface area contributed by atoms with Crippen molar-refractivity contribution < 1.29 is 4.42 Å².